The number of hydrogen-bond acceptors (Lipinski definition) is 2. The number of hydrogen-bond donors (Lipinski definition) is 1. The highest BCUT2D eigenvalue weighted by Gasteiger charge is 2.09. The summed E-state index contributed by atoms with van der Waals surface area (Å²) < 4.78 is 1.96. The quantitative estimate of drug-likeness (QED) is 0.768. The van der Waals surface area contributed by atoms with Gasteiger partial charge in [-0.15, -0.1) is 0 Å². The van der Waals surface area contributed by atoms with Crippen LogP contribution in [0.4, 0.5) is 5.82 Å². The Balaban J connectivity index is 2.64. The van der Waals surface area contributed by atoms with Crippen molar-refractivity contribution in [3.63, 3.8) is 0 Å². The normalized spacial score (nSPS) is 11.1. The largest absolute Gasteiger partial charge is 0.368 e. The Morgan fingerprint density at radius 3 is 2.31 bits per heavy atom. The first kappa shape index (κ1) is 13.1. The zero-order chi connectivity index (χ0) is 12.0. The number of aryl methyl sites for hydroxylation is 2. The van der Waals surface area contributed by atoms with Crippen molar-refractivity contribution < 1.29 is 0 Å². The molecule has 1 heterocycles. The Bertz CT molecular complexity index is 298. The van der Waals surface area contributed by atoms with E-state index >= 15 is 0 Å². The van der Waals surface area contributed by atoms with Gasteiger partial charge in [-0.05, 0) is 19.3 Å². The van der Waals surface area contributed by atoms with E-state index in [1.165, 1.54) is 25.7 Å². The van der Waals surface area contributed by atoms with Crippen molar-refractivity contribution in [3.8, 4) is 0 Å². The maximum atomic E-state index is 4.46. The predicted molar refractivity (Wildman–Crippen MR) is 69.8 cm³/mol. The monoisotopic (exact) mass is 223 g/mol. The Kier molecular flexibility index (Phi) is 5.36. The van der Waals surface area contributed by atoms with E-state index in [0.29, 0.717) is 6.04 Å². The molecule has 0 radical (unpaired) electrons. The van der Waals surface area contributed by atoms with Crippen LogP contribution >= 0.6 is 0 Å². The summed E-state index contributed by atoms with van der Waals surface area (Å²) in [5, 5.41) is 8.06. The fraction of sp³-hybridized carbons (Fsp3) is 0.769. The van der Waals surface area contributed by atoms with Gasteiger partial charge in [0.15, 0.2) is 0 Å². The Morgan fingerprint density at radius 2 is 1.88 bits per heavy atom. The van der Waals surface area contributed by atoms with Gasteiger partial charge in [-0.3, -0.25) is 4.68 Å². The molecule has 92 valence electrons. The number of rotatable bonds is 7. The lowest BCUT2D eigenvalue weighted by Gasteiger charge is -2.18. The summed E-state index contributed by atoms with van der Waals surface area (Å²) in [5.74, 6) is 1.16. The molecule has 0 aliphatic heterocycles. The summed E-state index contributed by atoms with van der Waals surface area (Å²) in [6.07, 6.45) is 5.94. The molecular weight excluding hydrogens is 198 g/mol. The molecular formula is C13H25N3. The highest BCUT2D eigenvalue weighted by atomic mass is 15.3. The fourth-order valence-electron chi connectivity index (χ4n) is 2.03. The van der Waals surface area contributed by atoms with Crippen molar-refractivity contribution in [2.75, 3.05) is 5.32 Å². The van der Waals surface area contributed by atoms with Crippen LogP contribution in [0.2, 0.25) is 0 Å². The molecule has 1 N–H and O–H groups in total. The third-order valence-electron chi connectivity index (χ3n) is 2.92. The molecule has 0 bridgehead atoms. The maximum Gasteiger partial charge on any atom is 0.124 e. The average molecular weight is 223 g/mol. The molecule has 16 heavy (non-hydrogen) atoms. The number of nitrogens with zero attached hydrogens (tertiary/aromatic N) is 2. The van der Waals surface area contributed by atoms with Gasteiger partial charge in [0.05, 0.1) is 5.69 Å². The summed E-state index contributed by atoms with van der Waals surface area (Å²) in [4.78, 5) is 0. The number of anilines is 1. The van der Waals surface area contributed by atoms with Crippen molar-refractivity contribution in [1.29, 1.82) is 0 Å². The SMILES string of the molecule is CCCC(CCC)Nc1cc(CC)nn1C. The second kappa shape index (κ2) is 6.56. The molecule has 0 saturated carbocycles. The minimum absolute atomic E-state index is 0.593. The van der Waals surface area contributed by atoms with E-state index in [9.17, 15) is 0 Å². The second-order valence-electron chi connectivity index (χ2n) is 4.42. The van der Waals surface area contributed by atoms with E-state index in [4.69, 9.17) is 0 Å². The molecule has 1 aromatic heterocycles. The molecule has 0 unspecified atom stereocenters. The zero-order valence-corrected chi connectivity index (χ0v) is 11.1. The van der Waals surface area contributed by atoms with Gasteiger partial charge in [0.1, 0.15) is 5.82 Å². The van der Waals surface area contributed by atoms with Crippen LogP contribution in [0.25, 0.3) is 0 Å². The highest BCUT2D eigenvalue weighted by Crippen LogP contribution is 2.15. The van der Waals surface area contributed by atoms with Crippen LogP contribution in [0.15, 0.2) is 6.07 Å². The standard InChI is InChI=1S/C13H25N3/c1-5-8-12(9-6-2)14-13-10-11(7-3)15-16(13)4/h10,12,14H,5-9H2,1-4H3. The van der Waals surface area contributed by atoms with Gasteiger partial charge in [-0.25, -0.2) is 0 Å². The van der Waals surface area contributed by atoms with Gasteiger partial charge in [0, 0.05) is 19.2 Å². The highest BCUT2D eigenvalue weighted by molar-refractivity contribution is 5.38. The van der Waals surface area contributed by atoms with E-state index in [-0.39, 0.29) is 0 Å². The molecule has 0 fully saturated rings. The molecule has 0 saturated heterocycles. The van der Waals surface area contributed by atoms with Crippen molar-refractivity contribution in [2.24, 2.45) is 7.05 Å². The van der Waals surface area contributed by atoms with Crippen LogP contribution in [0.1, 0.15) is 52.1 Å². The molecule has 1 aromatic rings. The second-order valence-corrected chi connectivity index (χ2v) is 4.42. The summed E-state index contributed by atoms with van der Waals surface area (Å²) in [6.45, 7) is 6.62. The van der Waals surface area contributed by atoms with Gasteiger partial charge in [-0.1, -0.05) is 33.6 Å². The van der Waals surface area contributed by atoms with Crippen LogP contribution in [0.5, 0.6) is 0 Å². The average Bonchev–Trinajstić information content (AvgIpc) is 2.60. The van der Waals surface area contributed by atoms with Crippen molar-refractivity contribution in [2.45, 2.75) is 58.9 Å². The summed E-state index contributed by atoms with van der Waals surface area (Å²) in [5.41, 5.74) is 1.16. The van der Waals surface area contributed by atoms with Crippen LogP contribution in [-0.4, -0.2) is 15.8 Å². The topological polar surface area (TPSA) is 29.9 Å². The van der Waals surface area contributed by atoms with E-state index in [0.717, 1.165) is 17.9 Å². The Hall–Kier alpha value is -0.990. The van der Waals surface area contributed by atoms with E-state index in [2.05, 4.69) is 37.3 Å². The minimum Gasteiger partial charge on any atom is -0.368 e. The third-order valence-corrected chi connectivity index (χ3v) is 2.92. The lowest BCUT2D eigenvalue weighted by Crippen LogP contribution is -2.20. The van der Waals surface area contributed by atoms with Crippen molar-refractivity contribution >= 4 is 5.82 Å². The van der Waals surface area contributed by atoms with Crippen molar-refractivity contribution in [3.05, 3.63) is 11.8 Å². The fourth-order valence-corrected chi connectivity index (χ4v) is 2.03. The van der Waals surface area contributed by atoms with E-state index < -0.39 is 0 Å². The van der Waals surface area contributed by atoms with Gasteiger partial charge in [-0.2, -0.15) is 5.10 Å². The van der Waals surface area contributed by atoms with E-state index in [1.54, 1.807) is 0 Å². The van der Waals surface area contributed by atoms with Crippen molar-refractivity contribution in [1.82, 2.24) is 9.78 Å². The molecule has 0 amide bonds. The van der Waals surface area contributed by atoms with Gasteiger partial charge < -0.3 is 5.32 Å². The van der Waals surface area contributed by atoms with Crippen LogP contribution in [-0.2, 0) is 13.5 Å². The first-order valence-corrected chi connectivity index (χ1v) is 6.50. The van der Waals surface area contributed by atoms with E-state index in [1.807, 2.05) is 11.7 Å². The first-order valence-electron chi connectivity index (χ1n) is 6.50. The Labute approximate surface area is 99.2 Å². The minimum atomic E-state index is 0.593. The molecule has 0 spiro atoms. The van der Waals surface area contributed by atoms with Gasteiger partial charge >= 0.3 is 0 Å². The lowest BCUT2D eigenvalue weighted by molar-refractivity contribution is 0.578. The van der Waals surface area contributed by atoms with Gasteiger partial charge in [0.2, 0.25) is 0 Å². The summed E-state index contributed by atoms with van der Waals surface area (Å²) in [6, 6.07) is 2.76. The molecule has 0 aliphatic rings. The molecule has 3 heteroatoms. The number of aromatic nitrogens is 2. The Morgan fingerprint density at radius 1 is 1.25 bits per heavy atom. The first-order chi connectivity index (χ1) is 7.71. The predicted octanol–water partition coefficient (Wildman–Crippen LogP) is 3.36. The zero-order valence-electron chi connectivity index (χ0n) is 11.1. The molecule has 0 atom stereocenters. The maximum absolute atomic E-state index is 4.46. The summed E-state index contributed by atoms with van der Waals surface area (Å²) in [7, 11) is 2.01. The molecule has 0 aromatic carbocycles. The molecule has 1 rings (SSSR count). The van der Waals surface area contributed by atoms with Crippen LogP contribution < -0.4 is 5.32 Å². The molecule has 0 aliphatic carbocycles. The third kappa shape index (κ3) is 3.54. The lowest BCUT2D eigenvalue weighted by atomic mass is 10.1. The van der Waals surface area contributed by atoms with Gasteiger partial charge in [0.25, 0.3) is 0 Å². The molecule has 3 nitrogen and oxygen atoms in total. The van der Waals surface area contributed by atoms with Crippen LogP contribution in [0, 0.1) is 0 Å². The number of nitrogens with one attached hydrogen (secondary N) is 1. The smallest absolute Gasteiger partial charge is 0.124 e. The summed E-state index contributed by atoms with van der Waals surface area (Å²) >= 11 is 0. The van der Waals surface area contributed by atoms with Crippen LogP contribution in [0.3, 0.4) is 0 Å².